The standard InChI is InChI=1S/C11H18N2/c1-2-8-12-10(4-1)6-7-11-5-3-9-13-11/h3,5,9-10,12-13H,1-2,4,6-8H2. The third-order valence-corrected chi connectivity index (χ3v) is 2.84. The Hall–Kier alpha value is -0.760. The van der Waals surface area contributed by atoms with Gasteiger partial charge in [0.15, 0.2) is 0 Å². The van der Waals surface area contributed by atoms with Crippen molar-refractivity contribution in [3.05, 3.63) is 24.0 Å². The summed E-state index contributed by atoms with van der Waals surface area (Å²) in [5.41, 5.74) is 1.37. The van der Waals surface area contributed by atoms with Crippen LogP contribution in [0.2, 0.25) is 0 Å². The molecule has 1 atom stereocenters. The number of rotatable bonds is 3. The van der Waals surface area contributed by atoms with Crippen molar-refractivity contribution >= 4 is 0 Å². The number of piperidine rings is 1. The van der Waals surface area contributed by atoms with Gasteiger partial charge in [0, 0.05) is 17.9 Å². The molecule has 1 aromatic heterocycles. The van der Waals surface area contributed by atoms with Crippen molar-refractivity contribution in [3.8, 4) is 0 Å². The van der Waals surface area contributed by atoms with Crippen molar-refractivity contribution in [2.24, 2.45) is 0 Å². The second-order valence-corrected chi connectivity index (χ2v) is 3.88. The van der Waals surface area contributed by atoms with Crippen LogP contribution in [0.15, 0.2) is 18.3 Å². The van der Waals surface area contributed by atoms with Gasteiger partial charge in [0.05, 0.1) is 0 Å². The monoisotopic (exact) mass is 178 g/mol. The zero-order valence-corrected chi connectivity index (χ0v) is 8.05. The summed E-state index contributed by atoms with van der Waals surface area (Å²) < 4.78 is 0. The van der Waals surface area contributed by atoms with Crippen molar-refractivity contribution in [1.29, 1.82) is 0 Å². The second kappa shape index (κ2) is 4.47. The quantitative estimate of drug-likeness (QED) is 0.728. The first-order chi connectivity index (χ1) is 6.45. The van der Waals surface area contributed by atoms with E-state index in [4.69, 9.17) is 0 Å². The Labute approximate surface area is 79.7 Å². The van der Waals surface area contributed by atoms with Gasteiger partial charge in [0.2, 0.25) is 0 Å². The highest BCUT2D eigenvalue weighted by molar-refractivity contribution is 5.03. The fourth-order valence-electron chi connectivity index (χ4n) is 2.02. The highest BCUT2D eigenvalue weighted by Crippen LogP contribution is 2.12. The van der Waals surface area contributed by atoms with E-state index in [1.54, 1.807) is 0 Å². The molecule has 1 aliphatic heterocycles. The summed E-state index contributed by atoms with van der Waals surface area (Å²) in [6.45, 7) is 1.22. The summed E-state index contributed by atoms with van der Waals surface area (Å²) in [6, 6.07) is 5.00. The lowest BCUT2D eigenvalue weighted by Crippen LogP contribution is -2.34. The van der Waals surface area contributed by atoms with Crippen LogP contribution < -0.4 is 5.32 Å². The van der Waals surface area contributed by atoms with Gasteiger partial charge in [0.1, 0.15) is 0 Å². The SMILES string of the molecule is c1c[nH]c(CCC2CCCCN2)c1. The summed E-state index contributed by atoms with van der Waals surface area (Å²) in [5, 5.41) is 3.57. The van der Waals surface area contributed by atoms with Crippen molar-refractivity contribution < 1.29 is 0 Å². The number of nitrogens with one attached hydrogen (secondary N) is 2. The van der Waals surface area contributed by atoms with Gasteiger partial charge in [-0.3, -0.25) is 0 Å². The van der Waals surface area contributed by atoms with Gasteiger partial charge >= 0.3 is 0 Å². The summed E-state index contributed by atoms with van der Waals surface area (Å²) in [5.74, 6) is 0. The molecular formula is C11H18N2. The number of hydrogen-bond donors (Lipinski definition) is 2. The fourth-order valence-corrected chi connectivity index (χ4v) is 2.02. The Balaban J connectivity index is 1.72. The lowest BCUT2D eigenvalue weighted by atomic mass is 10.00. The van der Waals surface area contributed by atoms with Gasteiger partial charge in [-0.1, -0.05) is 6.42 Å². The Morgan fingerprint density at radius 3 is 3.08 bits per heavy atom. The minimum atomic E-state index is 0.761. The van der Waals surface area contributed by atoms with Crippen molar-refractivity contribution in [1.82, 2.24) is 10.3 Å². The first-order valence-corrected chi connectivity index (χ1v) is 5.31. The van der Waals surface area contributed by atoms with Gasteiger partial charge < -0.3 is 10.3 Å². The Kier molecular flexibility index (Phi) is 3.03. The molecule has 1 unspecified atom stereocenters. The van der Waals surface area contributed by atoms with Crippen LogP contribution in [0.5, 0.6) is 0 Å². The van der Waals surface area contributed by atoms with Crippen LogP contribution in [0.3, 0.4) is 0 Å². The predicted octanol–water partition coefficient (Wildman–Crippen LogP) is 2.09. The number of H-pyrrole nitrogens is 1. The van der Waals surface area contributed by atoms with Crippen molar-refractivity contribution in [2.45, 2.75) is 38.1 Å². The van der Waals surface area contributed by atoms with Crippen molar-refractivity contribution in [3.63, 3.8) is 0 Å². The van der Waals surface area contributed by atoms with Crippen LogP contribution in [-0.2, 0) is 6.42 Å². The van der Waals surface area contributed by atoms with Gasteiger partial charge in [-0.15, -0.1) is 0 Å². The molecule has 0 saturated carbocycles. The molecule has 1 fully saturated rings. The van der Waals surface area contributed by atoms with E-state index >= 15 is 0 Å². The van der Waals surface area contributed by atoms with E-state index < -0.39 is 0 Å². The summed E-state index contributed by atoms with van der Waals surface area (Å²) in [4.78, 5) is 3.25. The molecule has 0 aromatic carbocycles. The van der Waals surface area contributed by atoms with E-state index in [1.165, 1.54) is 44.3 Å². The van der Waals surface area contributed by atoms with E-state index in [-0.39, 0.29) is 0 Å². The summed E-state index contributed by atoms with van der Waals surface area (Å²) in [7, 11) is 0. The molecule has 1 aromatic rings. The number of aryl methyl sites for hydroxylation is 1. The Morgan fingerprint density at radius 2 is 2.38 bits per heavy atom. The van der Waals surface area contributed by atoms with E-state index in [0.29, 0.717) is 0 Å². The molecule has 1 aliphatic rings. The lowest BCUT2D eigenvalue weighted by Gasteiger charge is -2.22. The van der Waals surface area contributed by atoms with Gasteiger partial charge in [-0.2, -0.15) is 0 Å². The molecule has 13 heavy (non-hydrogen) atoms. The third kappa shape index (κ3) is 2.59. The average molecular weight is 178 g/mol. The first kappa shape index (κ1) is 8.82. The van der Waals surface area contributed by atoms with Crippen LogP contribution in [-0.4, -0.2) is 17.6 Å². The minimum Gasteiger partial charge on any atom is -0.365 e. The molecular weight excluding hydrogens is 160 g/mol. The van der Waals surface area contributed by atoms with E-state index in [2.05, 4.69) is 22.4 Å². The molecule has 0 amide bonds. The van der Waals surface area contributed by atoms with E-state index in [1.807, 2.05) is 6.20 Å². The predicted molar refractivity (Wildman–Crippen MR) is 54.8 cm³/mol. The van der Waals surface area contributed by atoms with Crippen LogP contribution in [0.4, 0.5) is 0 Å². The van der Waals surface area contributed by atoms with Crippen LogP contribution in [0.1, 0.15) is 31.4 Å². The van der Waals surface area contributed by atoms with Crippen LogP contribution in [0, 0.1) is 0 Å². The third-order valence-electron chi connectivity index (χ3n) is 2.84. The van der Waals surface area contributed by atoms with E-state index in [9.17, 15) is 0 Å². The highest BCUT2D eigenvalue weighted by Gasteiger charge is 2.11. The molecule has 0 spiro atoms. The molecule has 2 N–H and O–H groups in total. The fraction of sp³-hybridized carbons (Fsp3) is 0.636. The smallest absolute Gasteiger partial charge is 0.0147 e. The second-order valence-electron chi connectivity index (χ2n) is 3.88. The molecule has 0 radical (unpaired) electrons. The van der Waals surface area contributed by atoms with Gasteiger partial charge in [-0.25, -0.2) is 0 Å². The average Bonchev–Trinajstić information content (AvgIpc) is 2.69. The van der Waals surface area contributed by atoms with Crippen molar-refractivity contribution in [2.75, 3.05) is 6.54 Å². The zero-order chi connectivity index (χ0) is 8.93. The zero-order valence-electron chi connectivity index (χ0n) is 8.05. The molecule has 2 nitrogen and oxygen atoms in total. The number of aromatic amines is 1. The molecule has 1 saturated heterocycles. The first-order valence-electron chi connectivity index (χ1n) is 5.31. The lowest BCUT2D eigenvalue weighted by molar-refractivity contribution is 0.382. The summed E-state index contributed by atoms with van der Waals surface area (Å²) in [6.07, 6.45) is 8.59. The molecule has 2 rings (SSSR count). The Morgan fingerprint density at radius 1 is 1.38 bits per heavy atom. The molecule has 0 aliphatic carbocycles. The molecule has 2 heterocycles. The minimum absolute atomic E-state index is 0.761. The molecule has 72 valence electrons. The topological polar surface area (TPSA) is 27.8 Å². The molecule has 2 heteroatoms. The maximum absolute atomic E-state index is 3.57. The van der Waals surface area contributed by atoms with Gasteiger partial charge in [-0.05, 0) is 44.4 Å². The molecule has 0 bridgehead atoms. The highest BCUT2D eigenvalue weighted by atomic mass is 14.9. The number of aromatic nitrogens is 1. The van der Waals surface area contributed by atoms with Crippen LogP contribution >= 0.6 is 0 Å². The normalized spacial score (nSPS) is 23.2. The van der Waals surface area contributed by atoms with Crippen LogP contribution in [0.25, 0.3) is 0 Å². The maximum Gasteiger partial charge on any atom is 0.0147 e. The number of hydrogen-bond acceptors (Lipinski definition) is 1. The Bertz CT molecular complexity index is 222. The maximum atomic E-state index is 3.57. The van der Waals surface area contributed by atoms with E-state index in [0.717, 1.165) is 6.04 Å². The largest absolute Gasteiger partial charge is 0.365 e. The summed E-state index contributed by atoms with van der Waals surface area (Å²) >= 11 is 0. The van der Waals surface area contributed by atoms with Gasteiger partial charge in [0.25, 0.3) is 0 Å².